The monoisotopic (exact) mass is 258 g/mol. The van der Waals surface area contributed by atoms with Crippen molar-refractivity contribution in [2.45, 2.75) is 45.2 Å². The van der Waals surface area contributed by atoms with E-state index >= 15 is 0 Å². The van der Waals surface area contributed by atoms with Crippen molar-refractivity contribution >= 4 is 11.6 Å². The van der Waals surface area contributed by atoms with E-state index in [9.17, 15) is 4.79 Å². The molecule has 19 heavy (non-hydrogen) atoms. The summed E-state index contributed by atoms with van der Waals surface area (Å²) in [7, 11) is 0. The van der Waals surface area contributed by atoms with Crippen LogP contribution in [0.5, 0.6) is 0 Å². The summed E-state index contributed by atoms with van der Waals surface area (Å²) in [6.45, 7) is 5.32. The van der Waals surface area contributed by atoms with Crippen molar-refractivity contribution in [1.82, 2.24) is 4.90 Å². The predicted molar refractivity (Wildman–Crippen MR) is 77.1 cm³/mol. The number of likely N-dealkylation sites (tertiary alicyclic amines) is 1. The van der Waals surface area contributed by atoms with Crippen LogP contribution >= 0.6 is 0 Å². The molecule has 1 fully saturated rings. The first-order chi connectivity index (χ1) is 9.15. The number of carbonyl (C=O) groups excluding carboxylic acids is 1. The molecule has 3 nitrogen and oxygen atoms in total. The quantitative estimate of drug-likeness (QED) is 0.840. The molecule has 1 aromatic rings. The average molecular weight is 258 g/mol. The number of rotatable bonds is 1. The normalized spacial score (nSPS) is 29.8. The van der Waals surface area contributed by atoms with Crippen LogP contribution in [-0.4, -0.2) is 29.4 Å². The van der Waals surface area contributed by atoms with Crippen molar-refractivity contribution in [3.8, 4) is 0 Å². The minimum absolute atomic E-state index is 0.0647. The van der Waals surface area contributed by atoms with Gasteiger partial charge in [-0.15, -0.1) is 0 Å². The zero-order valence-electron chi connectivity index (χ0n) is 11.7. The third kappa shape index (κ3) is 2.34. The second-order valence-electron chi connectivity index (χ2n) is 6.08. The third-order valence-electron chi connectivity index (χ3n) is 4.47. The van der Waals surface area contributed by atoms with Crippen LogP contribution in [0.15, 0.2) is 24.3 Å². The summed E-state index contributed by atoms with van der Waals surface area (Å²) in [5.41, 5.74) is 2.39. The van der Waals surface area contributed by atoms with Crippen LogP contribution in [0.1, 0.15) is 32.3 Å². The molecule has 2 heterocycles. The first-order valence-corrected chi connectivity index (χ1v) is 7.30. The minimum Gasteiger partial charge on any atom is -0.373 e. The number of carbonyl (C=O) groups is 1. The van der Waals surface area contributed by atoms with Crippen molar-refractivity contribution in [3.05, 3.63) is 29.8 Å². The lowest BCUT2D eigenvalue weighted by Gasteiger charge is -2.38. The molecule has 0 bridgehead atoms. The molecule has 0 saturated carbocycles. The van der Waals surface area contributed by atoms with Crippen molar-refractivity contribution in [2.75, 3.05) is 11.9 Å². The SMILES string of the molecule is CC1CCC(C)N(C(=O)C2Cc3ccccc3N2)C1. The second kappa shape index (κ2) is 4.87. The van der Waals surface area contributed by atoms with Gasteiger partial charge >= 0.3 is 0 Å². The van der Waals surface area contributed by atoms with E-state index in [0.717, 1.165) is 25.1 Å². The maximum absolute atomic E-state index is 12.7. The summed E-state index contributed by atoms with van der Waals surface area (Å²) in [6.07, 6.45) is 3.20. The van der Waals surface area contributed by atoms with Crippen LogP contribution in [-0.2, 0) is 11.2 Å². The Kier molecular flexibility index (Phi) is 3.21. The Hall–Kier alpha value is -1.51. The van der Waals surface area contributed by atoms with Gasteiger partial charge in [0.1, 0.15) is 6.04 Å². The fourth-order valence-electron chi connectivity index (χ4n) is 3.24. The van der Waals surface area contributed by atoms with Crippen LogP contribution in [0.3, 0.4) is 0 Å². The highest BCUT2D eigenvalue weighted by molar-refractivity contribution is 5.87. The van der Waals surface area contributed by atoms with Gasteiger partial charge in [-0.3, -0.25) is 4.79 Å². The number of amides is 1. The zero-order valence-corrected chi connectivity index (χ0v) is 11.7. The molecule has 1 saturated heterocycles. The summed E-state index contributed by atoms with van der Waals surface area (Å²) < 4.78 is 0. The average Bonchev–Trinajstić information content (AvgIpc) is 2.84. The van der Waals surface area contributed by atoms with Gasteiger partial charge in [-0.2, -0.15) is 0 Å². The third-order valence-corrected chi connectivity index (χ3v) is 4.47. The van der Waals surface area contributed by atoms with Crippen LogP contribution in [0.4, 0.5) is 5.69 Å². The van der Waals surface area contributed by atoms with Crippen molar-refractivity contribution in [1.29, 1.82) is 0 Å². The Bertz CT molecular complexity index is 460. The highest BCUT2D eigenvalue weighted by Crippen LogP contribution is 2.28. The number of nitrogens with zero attached hydrogens (tertiary/aromatic N) is 1. The lowest BCUT2D eigenvalue weighted by atomic mass is 9.94. The van der Waals surface area contributed by atoms with Gasteiger partial charge in [-0.1, -0.05) is 25.1 Å². The van der Waals surface area contributed by atoms with E-state index in [-0.39, 0.29) is 11.9 Å². The molecule has 0 radical (unpaired) electrons. The maximum atomic E-state index is 12.7. The Morgan fingerprint density at radius 1 is 1.26 bits per heavy atom. The first-order valence-electron chi connectivity index (χ1n) is 7.30. The number of benzene rings is 1. The summed E-state index contributed by atoms with van der Waals surface area (Å²) in [5.74, 6) is 0.902. The zero-order chi connectivity index (χ0) is 13.4. The molecule has 2 aliphatic rings. The van der Waals surface area contributed by atoms with Gasteiger partial charge in [0.05, 0.1) is 0 Å². The molecule has 102 valence electrons. The standard InChI is InChI=1S/C16H22N2O/c1-11-7-8-12(2)18(10-11)16(19)15-9-13-5-3-4-6-14(13)17-15/h3-6,11-12,15,17H,7-10H2,1-2H3. The predicted octanol–water partition coefficient (Wildman–Crippen LogP) is 2.67. The van der Waals surface area contributed by atoms with E-state index in [1.165, 1.54) is 12.0 Å². The lowest BCUT2D eigenvalue weighted by Crippen LogP contribution is -2.50. The second-order valence-corrected chi connectivity index (χ2v) is 6.08. The van der Waals surface area contributed by atoms with E-state index in [2.05, 4.69) is 36.2 Å². The molecular formula is C16H22N2O. The number of anilines is 1. The molecule has 1 amide bonds. The number of fused-ring (bicyclic) bond motifs is 1. The van der Waals surface area contributed by atoms with E-state index in [4.69, 9.17) is 0 Å². The van der Waals surface area contributed by atoms with Crippen molar-refractivity contribution in [3.63, 3.8) is 0 Å². The summed E-state index contributed by atoms with van der Waals surface area (Å²) >= 11 is 0. The highest BCUT2D eigenvalue weighted by atomic mass is 16.2. The molecule has 0 spiro atoms. The molecular weight excluding hydrogens is 236 g/mol. The first kappa shape index (κ1) is 12.5. The molecule has 1 aromatic carbocycles. The van der Waals surface area contributed by atoms with Crippen molar-refractivity contribution in [2.24, 2.45) is 5.92 Å². The highest BCUT2D eigenvalue weighted by Gasteiger charge is 2.34. The smallest absolute Gasteiger partial charge is 0.245 e. The molecule has 1 N–H and O–H groups in total. The molecule has 3 unspecified atom stereocenters. The van der Waals surface area contributed by atoms with Crippen LogP contribution < -0.4 is 5.32 Å². The van der Waals surface area contributed by atoms with Gasteiger partial charge in [-0.25, -0.2) is 0 Å². The van der Waals surface area contributed by atoms with E-state index in [0.29, 0.717) is 12.0 Å². The Morgan fingerprint density at radius 3 is 2.84 bits per heavy atom. The van der Waals surface area contributed by atoms with Gasteiger partial charge in [0, 0.05) is 24.7 Å². The van der Waals surface area contributed by atoms with E-state index < -0.39 is 0 Å². The fraction of sp³-hybridized carbons (Fsp3) is 0.562. The molecule has 3 heteroatoms. The fourth-order valence-corrected chi connectivity index (χ4v) is 3.24. The van der Waals surface area contributed by atoms with Gasteiger partial charge in [0.25, 0.3) is 0 Å². The molecule has 2 aliphatic heterocycles. The lowest BCUT2D eigenvalue weighted by molar-refractivity contribution is -0.136. The van der Waals surface area contributed by atoms with Gasteiger partial charge in [0.15, 0.2) is 0 Å². The number of piperidine rings is 1. The minimum atomic E-state index is -0.0647. The van der Waals surface area contributed by atoms with Crippen LogP contribution in [0, 0.1) is 5.92 Å². The number of hydrogen-bond acceptors (Lipinski definition) is 2. The molecule has 3 atom stereocenters. The maximum Gasteiger partial charge on any atom is 0.245 e. The van der Waals surface area contributed by atoms with Crippen LogP contribution in [0.2, 0.25) is 0 Å². The van der Waals surface area contributed by atoms with Gasteiger partial charge in [0.2, 0.25) is 5.91 Å². The van der Waals surface area contributed by atoms with Crippen molar-refractivity contribution < 1.29 is 4.79 Å². The number of para-hydroxylation sites is 1. The summed E-state index contributed by atoms with van der Waals surface area (Å²) in [6, 6.07) is 8.55. The van der Waals surface area contributed by atoms with E-state index in [1.807, 2.05) is 12.1 Å². The molecule has 0 aromatic heterocycles. The topological polar surface area (TPSA) is 32.3 Å². The summed E-state index contributed by atoms with van der Waals surface area (Å²) in [4.78, 5) is 14.8. The Labute approximate surface area is 115 Å². The Balaban J connectivity index is 1.72. The van der Waals surface area contributed by atoms with E-state index in [1.54, 1.807) is 0 Å². The van der Waals surface area contributed by atoms with Gasteiger partial charge in [-0.05, 0) is 37.3 Å². The number of nitrogens with one attached hydrogen (secondary N) is 1. The Morgan fingerprint density at radius 2 is 2.05 bits per heavy atom. The molecule has 3 rings (SSSR count). The largest absolute Gasteiger partial charge is 0.373 e. The molecule has 0 aliphatic carbocycles. The van der Waals surface area contributed by atoms with Gasteiger partial charge < -0.3 is 10.2 Å². The summed E-state index contributed by atoms with van der Waals surface area (Å²) in [5, 5.41) is 3.38. The number of hydrogen-bond donors (Lipinski definition) is 1. The van der Waals surface area contributed by atoms with Crippen LogP contribution in [0.25, 0.3) is 0 Å².